The van der Waals surface area contributed by atoms with Gasteiger partial charge in [0.2, 0.25) is 0 Å². The molecular formula is C18H26ClNO3. The quantitative estimate of drug-likeness (QED) is 0.829. The molecule has 0 bridgehead atoms. The Balaban J connectivity index is 0.00000156. The second kappa shape index (κ2) is 7.08. The number of rotatable bonds is 2. The summed E-state index contributed by atoms with van der Waals surface area (Å²) < 4.78 is 17.4. The maximum absolute atomic E-state index is 5.93. The van der Waals surface area contributed by atoms with Gasteiger partial charge in [-0.1, -0.05) is 30.3 Å². The average Bonchev–Trinajstić information content (AvgIpc) is 3.06. The van der Waals surface area contributed by atoms with Gasteiger partial charge in [0.05, 0.1) is 26.4 Å². The van der Waals surface area contributed by atoms with Crippen molar-refractivity contribution in [3.05, 3.63) is 35.9 Å². The van der Waals surface area contributed by atoms with Crippen molar-refractivity contribution in [2.75, 3.05) is 39.5 Å². The second-order valence-corrected chi connectivity index (χ2v) is 6.60. The molecule has 1 aliphatic carbocycles. The summed E-state index contributed by atoms with van der Waals surface area (Å²) in [4.78, 5) is 2.63. The zero-order valence-corrected chi connectivity index (χ0v) is 14.4. The summed E-state index contributed by atoms with van der Waals surface area (Å²) in [5, 5.41) is 0. The van der Waals surface area contributed by atoms with Crippen LogP contribution in [0.15, 0.2) is 30.3 Å². The van der Waals surface area contributed by atoms with Crippen LogP contribution in [0.4, 0.5) is 0 Å². The smallest absolute Gasteiger partial charge is 0.168 e. The van der Waals surface area contributed by atoms with Crippen LogP contribution >= 0.6 is 12.4 Å². The molecule has 0 amide bonds. The molecule has 23 heavy (non-hydrogen) atoms. The topological polar surface area (TPSA) is 30.9 Å². The summed E-state index contributed by atoms with van der Waals surface area (Å²) in [5.41, 5.74) is 1.55. The normalized spacial score (nSPS) is 26.8. The van der Waals surface area contributed by atoms with Crippen molar-refractivity contribution in [2.45, 2.75) is 37.0 Å². The van der Waals surface area contributed by atoms with E-state index in [1.54, 1.807) is 0 Å². The van der Waals surface area contributed by atoms with Gasteiger partial charge < -0.3 is 14.2 Å². The SMILES string of the molecule is Cl.c1ccc(C2(N3CCOCC3)CCC3(CC2)OCCO3)cc1. The average molecular weight is 340 g/mol. The number of hydrogen-bond acceptors (Lipinski definition) is 4. The van der Waals surface area contributed by atoms with Crippen LogP contribution in [-0.4, -0.2) is 50.2 Å². The molecule has 1 spiro atoms. The maximum atomic E-state index is 5.93. The van der Waals surface area contributed by atoms with Crippen molar-refractivity contribution in [3.8, 4) is 0 Å². The fourth-order valence-electron chi connectivity index (χ4n) is 4.36. The van der Waals surface area contributed by atoms with Crippen LogP contribution in [-0.2, 0) is 19.7 Å². The lowest BCUT2D eigenvalue weighted by Crippen LogP contribution is -2.55. The van der Waals surface area contributed by atoms with Crippen molar-refractivity contribution in [2.24, 2.45) is 0 Å². The number of hydrogen-bond donors (Lipinski definition) is 0. The van der Waals surface area contributed by atoms with Crippen LogP contribution in [0.3, 0.4) is 0 Å². The van der Waals surface area contributed by atoms with Crippen molar-refractivity contribution >= 4 is 12.4 Å². The third kappa shape index (κ3) is 3.15. The molecule has 128 valence electrons. The van der Waals surface area contributed by atoms with Crippen LogP contribution in [0.2, 0.25) is 0 Å². The van der Waals surface area contributed by atoms with E-state index in [2.05, 4.69) is 35.2 Å². The lowest BCUT2D eigenvalue weighted by molar-refractivity contribution is -0.199. The fraction of sp³-hybridized carbons (Fsp3) is 0.667. The lowest BCUT2D eigenvalue weighted by Gasteiger charge is -2.51. The van der Waals surface area contributed by atoms with E-state index in [4.69, 9.17) is 14.2 Å². The predicted molar refractivity (Wildman–Crippen MR) is 90.9 cm³/mol. The van der Waals surface area contributed by atoms with Gasteiger partial charge in [0.25, 0.3) is 0 Å². The van der Waals surface area contributed by atoms with E-state index in [9.17, 15) is 0 Å². The maximum Gasteiger partial charge on any atom is 0.168 e. The van der Waals surface area contributed by atoms with Gasteiger partial charge in [0.15, 0.2) is 5.79 Å². The van der Waals surface area contributed by atoms with Crippen molar-refractivity contribution in [1.29, 1.82) is 0 Å². The summed E-state index contributed by atoms with van der Waals surface area (Å²) in [6, 6.07) is 11.0. The van der Waals surface area contributed by atoms with Crippen LogP contribution in [0.1, 0.15) is 31.2 Å². The molecule has 1 aromatic carbocycles. The fourth-order valence-corrected chi connectivity index (χ4v) is 4.36. The van der Waals surface area contributed by atoms with E-state index in [-0.39, 0.29) is 23.7 Å². The number of benzene rings is 1. The molecular weight excluding hydrogens is 314 g/mol. The molecule has 0 radical (unpaired) electrons. The Morgan fingerprint density at radius 1 is 0.783 bits per heavy atom. The molecule has 0 atom stereocenters. The highest BCUT2D eigenvalue weighted by Gasteiger charge is 2.49. The summed E-state index contributed by atoms with van der Waals surface area (Å²) in [7, 11) is 0. The predicted octanol–water partition coefficient (Wildman–Crippen LogP) is 2.95. The Morgan fingerprint density at radius 3 is 2.00 bits per heavy atom. The first-order valence-electron chi connectivity index (χ1n) is 8.49. The van der Waals surface area contributed by atoms with E-state index < -0.39 is 0 Å². The first-order chi connectivity index (χ1) is 10.8. The first-order valence-corrected chi connectivity index (χ1v) is 8.49. The van der Waals surface area contributed by atoms with Gasteiger partial charge in [-0.2, -0.15) is 0 Å². The van der Waals surface area contributed by atoms with Crippen molar-refractivity contribution in [3.63, 3.8) is 0 Å². The van der Waals surface area contributed by atoms with Gasteiger partial charge >= 0.3 is 0 Å². The molecule has 3 fully saturated rings. The third-order valence-electron chi connectivity index (χ3n) is 5.58. The van der Waals surface area contributed by atoms with Gasteiger partial charge in [-0.25, -0.2) is 0 Å². The Labute approximate surface area is 144 Å². The van der Waals surface area contributed by atoms with Gasteiger partial charge in [0, 0.05) is 31.5 Å². The standard InChI is InChI=1S/C18H25NO3.ClH/c1-2-4-16(5-3-1)17(19-10-12-20-13-11-19)6-8-18(9-7-17)21-14-15-22-18;/h1-5H,6-15H2;1H. The minimum Gasteiger partial charge on any atom is -0.379 e. The summed E-state index contributed by atoms with van der Waals surface area (Å²) >= 11 is 0. The summed E-state index contributed by atoms with van der Waals surface area (Å²) in [5.74, 6) is -0.301. The van der Waals surface area contributed by atoms with Crippen LogP contribution in [0, 0.1) is 0 Å². The van der Waals surface area contributed by atoms with Crippen LogP contribution in [0.25, 0.3) is 0 Å². The molecule has 0 unspecified atom stereocenters. The molecule has 1 saturated carbocycles. The van der Waals surface area contributed by atoms with Gasteiger partial charge in [-0.05, 0) is 18.4 Å². The van der Waals surface area contributed by atoms with Crippen molar-refractivity contribution in [1.82, 2.24) is 4.90 Å². The monoisotopic (exact) mass is 339 g/mol. The van der Waals surface area contributed by atoms with Gasteiger partial charge in [-0.3, -0.25) is 4.90 Å². The number of nitrogens with zero attached hydrogens (tertiary/aromatic N) is 1. The minimum absolute atomic E-state index is 0. The largest absolute Gasteiger partial charge is 0.379 e. The molecule has 3 aliphatic rings. The van der Waals surface area contributed by atoms with E-state index in [1.807, 2.05) is 0 Å². The lowest BCUT2D eigenvalue weighted by atomic mass is 9.73. The third-order valence-corrected chi connectivity index (χ3v) is 5.58. The van der Waals surface area contributed by atoms with E-state index in [1.165, 1.54) is 5.56 Å². The number of halogens is 1. The Bertz CT molecular complexity index is 488. The number of morpholine rings is 1. The molecule has 2 aliphatic heterocycles. The molecule has 4 rings (SSSR count). The Kier molecular flexibility index (Phi) is 5.29. The molecule has 0 N–H and O–H groups in total. The van der Waals surface area contributed by atoms with Gasteiger partial charge in [-0.15, -0.1) is 12.4 Å². The summed E-state index contributed by atoms with van der Waals surface area (Å²) in [6.45, 7) is 5.21. The molecule has 4 nitrogen and oxygen atoms in total. The van der Waals surface area contributed by atoms with E-state index in [0.717, 1.165) is 65.2 Å². The van der Waals surface area contributed by atoms with Gasteiger partial charge in [0.1, 0.15) is 0 Å². The zero-order valence-electron chi connectivity index (χ0n) is 13.5. The minimum atomic E-state index is -0.301. The highest BCUT2D eigenvalue weighted by atomic mass is 35.5. The van der Waals surface area contributed by atoms with Crippen molar-refractivity contribution < 1.29 is 14.2 Å². The highest BCUT2D eigenvalue weighted by molar-refractivity contribution is 5.85. The molecule has 5 heteroatoms. The highest BCUT2D eigenvalue weighted by Crippen LogP contribution is 2.48. The zero-order chi connectivity index (χ0) is 14.9. The van der Waals surface area contributed by atoms with Crippen LogP contribution < -0.4 is 0 Å². The number of ether oxygens (including phenoxy) is 3. The Morgan fingerprint density at radius 2 is 1.39 bits per heavy atom. The second-order valence-electron chi connectivity index (χ2n) is 6.60. The molecule has 2 heterocycles. The Hall–Kier alpha value is -0.650. The van der Waals surface area contributed by atoms with E-state index >= 15 is 0 Å². The molecule has 0 aromatic heterocycles. The molecule has 2 saturated heterocycles. The summed E-state index contributed by atoms with van der Waals surface area (Å²) in [6.07, 6.45) is 4.16. The first kappa shape index (κ1) is 17.2. The van der Waals surface area contributed by atoms with Crippen LogP contribution in [0.5, 0.6) is 0 Å². The molecule has 1 aromatic rings. The van der Waals surface area contributed by atoms with E-state index in [0.29, 0.717) is 0 Å².